The highest BCUT2D eigenvalue weighted by Crippen LogP contribution is 2.61. The van der Waals surface area contributed by atoms with E-state index in [1.54, 1.807) is 0 Å². The van der Waals surface area contributed by atoms with Crippen molar-refractivity contribution in [3.63, 3.8) is 0 Å². The third kappa shape index (κ3) is 1.16. The molecule has 3 rings (SSSR count). The molecule has 0 radical (unpaired) electrons. The van der Waals surface area contributed by atoms with Crippen molar-refractivity contribution in [1.29, 1.82) is 0 Å². The molecule has 5 heteroatoms. The van der Waals surface area contributed by atoms with Crippen molar-refractivity contribution >= 4 is 17.6 Å². The number of halogens is 2. The van der Waals surface area contributed by atoms with Crippen molar-refractivity contribution in [2.45, 2.75) is 5.92 Å². The van der Waals surface area contributed by atoms with Crippen LogP contribution in [0.3, 0.4) is 0 Å². The standard InChI is InChI=1S/C11H8ClFO3/c12-5-1-2-6(13)10-9(5)7-4(3-16-10)8(7)11(14)15/h1-2,4,7-8H,3H2,(H,14,15). The topological polar surface area (TPSA) is 46.5 Å². The number of carboxylic acid groups (broad SMARTS) is 1. The lowest BCUT2D eigenvalue weighted by Crippen LogP contribution is -2.10. The summed E-state index contributed by atoms with van der Waals surface area (Å²) in [5.74, 6) is -1.97. The molecule has 16 heavy (non-hydrogen) atoms. The van der Waals surface area contributed by atoms with Gasteiger partial charge in [0.25, 0.3) is 0 Å². The van der Waals surface area contributed by atoms with Crippen LogP contribution in [0.1, 0.15) is 11.5 Å². The van der Waals surface area contributed by atoms with Crippen molar-refractivity contribution in [3.05, 3.63) is 28.5 Å². The normalized spacial score (nSPS) is 30.0. The van der Waals surface area contributed by atoms with Crippen molar-refractivity contribution in [1.82, 2.24) is 0 Å². The smallest absolute Gasteiger partial charge is 0.307 e. The Morgan fingerprint density at radius 1 is 1.56 bits per heavy atom. The summed E-state index contributed by atoms with van der Waals surface area (Å²) in [5, 5.41) is 9.36. The van der Waals surface area contributed by atoms with Gasteiger partial charge in [-0.25, -0.2) is 4.39 Å². The minimum Gasteiger partial charge on any atom is -0.490 e. The van der Waals surface area contributed by atoms with Gasteiger partial charge in [-0.1, -0.05) is 11.6 Å². The summed E-state index contributed by atoms with van der Waals surface area (Å²) in [6, 6.07) is 2.68. The van der Waals surface area contributed by atoms with Crippen molar-refractivity contribution in [2.24, 2.45) is 11.8 Å². The predicted octanol–water partition coefficient (Wildman–Crippen LogP) is 2.29. The molecular weight excluding hydrogens is 235 g/mol. The zero-order valence-corrected chi connectivity index (χ0v) is 8.87. The highest BCUT2D eigenvalue weighted by molar-refractivity contribution is 6.31. The zero-order chi connectivity index (χ0) is 11.4. The lowest BCUT2D eigenvalue weighted by molar-refractivity contribution is -0.139. The highest BCUT2D eigenvalue weighted by atomic mass is 35.5. The van der Waals surface area contributed by atoms with Gasteiger partial charge in [0.15, 0.2) is 11.6 Å². The van der Waals surface area contributed by atoms with Gasteiger partial charge in [-0.2, -0.15) is 0 Å². The highest BCUT2D eigenvalue weighted by Gasteiger charge is 2.60. The molecule has 1 aromatic carbocycles. The van der Waals surface area contributed by atoms with E-state index in [-0.39, 0.29) is 24.2 Å². The van der Waals surface area contributed by atoms with E-state index in [9.17, 15) is 9.18 Å². The summed E-state index contributed by atoms with van der Waals surface area (Å²) < 4.78 is 18.7. The van der Waals surface area contributed by atoms with Crippen LogP contribution in [0.15, 0.2) is 12.1 Å². The van der Waals surface area contributed by atoms with Gasteiger partial charge in [0.05, 0.1) is 12.5 Å². The molecule has 0 spiro atoms. The van der Waals surface area contributed by atoms with Gasteiger partial charge < -0.3 is 9.84 Å². The van der Waals surface area contributed by atoms with Crippen LogP contribution >= 0.6 is 11.6 Å². The molecule has 2 aliphatic rings. The molecule has 1 aromatic rings. The SMILES string of the molecule is O=C(O)C1C2COc3c(F)ccc(Cl)c3C21. The number of ether oxygens (including phenoxy) is 1. The Morgan fingerprint density at radius 3 is 3.00 bits per heavy atom. The van der Waals surface area contributed by atoms with E-state index in [2.05, 4.69) is 0 Å². The molecule has 1 saturated carbocycles. The lowest BCUT2D eigenvalue weighted by Gasteiger charge is -2.17. The third-order valence-corrected chi connectivity index (χ3v) is 3.63. The molecule has 0 bridgehead atoms. The minimum atomic E-state index is -0.869. The van der Waals surface area contributed by atoms with E-state index in [4.69, 9.17) is 21.4 Å². The fourth-order valence-corrected chi connectivity index (χ4v) is 2.77. The third-order valence-electron chi connectivity index (χ3n) is 3.30. The summed E-state index contributed by atoms with van der Waals surface area (Å²) in [5.41, 5.74) is 0.519. The molecule has 3 nitrogen and oxygen atoms in total. The Bertz CT molecular complexity index is 488. The van der Waals surface area contributed by atoms with Gasteiger partial charge in [0.2, 0.25) is 0 Å². The van der Waals surface area contributed by atoms with Gasteiger partial charge in [0.1, 0.15) is 0 Å². The molecule has 1 fully saturated rings. The van der Waals surface area contributed by atoms with Crippen molar-refractivity contribution in [3.8, 4) is 5.75 Å². The zero-order valence-electron chi connectivity index (χ0n) is 8.11. The van der Waals surface area contributed by atoms with Gasteiger partial charge in [0, 0.05) is 22.4 Å². The number of carboxylic acids is 1. The van der Waals surface area contributed by atoms with E-state index in [0.717, 1.165) is 0 Å². The summed E-state index contributed by atoms with van der Waals surface area (Å²) in [4.78, 5) is 10.9. The summed E-state index contributed by atoms with van der Waals surface area (Å²) in [6.45, 7) is 0.256. The number of hydrogen-bond donors (Lipinski definition) is 1. The van der Waals surface area contributed by atoms with Crippen molar-refractivity contribution < 1.29 is 19.0 Å². The Hall–Kier alpha value is -1.29. The molecule has 0 amide bonds. The van der Waals surface area contributed by atoms with Gasteiger partial charge in [-0.05, 0) is 12.1 Å². The van der Waals surface area contributed by atoms with Crippen LogP contribution in [0.4, 0.5) is 4.39 Å². The van der Waals surface area contributed by atoms with E-state index < -0.39 is 17.7 Å². The Balaban J connectivity index is 2.10. The fourth-order valence-electron chi connectivity index (χ4n) is 2.50. The molecule has 3 unspecified atom stereocenters. The first-order chi connectivity index (χ1) is 7.61. The van der Waals surface area contributed by atoms with Gasteiger partial charge in [-0.15, -0.1) is 0 Å². The molecule has 84 valence electrons. The summed E-state index contributed by atoms with van der Waals surface area (Å²) >= 11 is 5.97. The minimum absolute atomic E-state index is 0.0655. The van der Waals surface area contributed by atoms with E-state index in [1.807, 2.05) is 0 Å². The second-order valence-electron chi connectivity index (χ2n) is 4.14. The van der Waals surface area contributed by atoms with E-state index in [1.165, 1.54) is 12.1 Å². The molecular formula is C11H8ClFO3. The molecule has 1 aliphatic heterocycles. The average molecular weight is 243 g/mol. The van der Waals surface area contributed by atoms with E-state index in [0.29, 0.717) is 10.6 Å². The summed E-state index contributed by atoms with van der Waals surface area (Å²) in [6.07, 6.45) is 0. The number of fused-ring (bicyclic) bond motifs is 3. The summed E-state index contributed by atoms with van der Waals surface area (Å²) in [7, 11) is 0. The van der Waals surface area contributed by atoms with Crippen LogP contribution in [0.5, 0.6) is 5.75 Å². The lowest BCUT2D eigenvalue weighted by atomic mass is 10.0. The Morgan fingerprint density at radius 2 is 2.31 bits per heavy atom. The maximum absolute atomic E-state index is 13.4. The Labute approximate surface area is 95.8 Å². The number of carbonyl (C=O) groups is 1. The van der Waals surface area contributed by atoms with Crippen molar-refractivity contribution in [2.75, 3.05) is 6.61 Å². The maximum atomic E-state index is 13.4. The fraction of sp³-hybridized carbons (Fsp3) is 0.364. The van der Waals surface area contributed by atoms with E-state index >= 15 is 0 Å². The number of hydrogen-bond acceptors (Lipinski definition) is 2. The number of aliphatic carboxylic acids is 1. The second kappa shape index (κ2) is 3.10. The largest absolute Gasteiger partial charge is 0.490 e. The predicted molar refractivity (Wildman–Crippen MR) is 54.3 cm³/mol. The second-order valence-corrected chi connectivity index (χ2v) is 4.54. The molecule has 1 N–H and O–H groups in total. The number of rotatable bonds is 1. The first kappa shape index (κ1) is 9.90. The molecule has 3 atom stereocenters. The van der Waals surface area contributed by atoms with Gasteiger partial charge in [-0.3, -0.25) is 4.79 Å². The van der Waals surface area contributed by atoms with Crippen LogP contribution in [0.2, 0.25) is 5.02 Å². The molecule has 1 aliphatic carbocycles. The van der Waals surface area contributed by atoms with Crippen LogP contribution in [-0.4, -0.2) is 17.7 Å². The number of benzene rings is 1. The molecule has 1 heterocycles. The van der Waals surface area contributed by atoms with Crippen LogP contribution in [0, 0.1) is 17.7 Å². The molecule has 0 saturated heterocycles. The first-order valence-electron chi connectivity index (χ1n) is 4.94. The van der Waals surface area contributed by atoms with Crippen LogP contribution < -0.4 is 4.74 Å². The maximum Gasteiger partial charge on any atom is 0.307 e. The Kier molecular flexibility index (Phi) is 1.92. The average Bonchev–Trinajstić information content (AvgIpc) is 2.97. The van der Waals surface area contributed by atoms with Crippen LogP contribution in [0.25, 0.3) is 0 Å². The van der Waals surface area contributed by atoms with Crippen LogP contribution in [-0.2, 0) is 4.79 Å². The van der Waals surface area contributed by atoms with Gasteiger partial charge >= 0.3 is 5.97 Å². The quantitative estimate of drug-likeness (QED) is 0.822. The molecule has 0 aromatic heterocycles. The monoisotopic (exact) mass is 242 g/mol. The first-order valence-corrected chi connectivity index (χ1v) is 5.32.